The highest BCUT2D eigenvalue weighted by molar-refractivity contribution is 5.77. The molecule has 0 atom stereocenters. The van der Waals surface area contributed by atoms with E-state index in [2.05, 4.69) is 10.6 Å². The summed E-state index contributed by atoms with van der Waals surface area (Å²) in [6.07, 6.45) is 0.458. The molecule has 0 saturated carbocycles. The average molecular weight is 250 g/mol. The highest BCUT2D eigenvalue weighted by atomic mass is 16.5. The van der Waals surface area contributed by atoms with Crippen LogP contribution in [0.3, 0.4) is 0 Å². The zero-order valence-corrected chi connectivity index (χ0v) is 11.5. The SMILES string of the molecule is CNC(C)(C)CC(=O)NCc1ccc(OC)cc1. The first-order chi connectivity index (χ1) is 8.46. The Balaban J connectivity index is 2.42. The first-order valence-corrected chi connectivity index (χ1v) is 6.05. The zero-order chi connectivity index (χ0) is 13.6. The molecule has 100 valence electrons. The number of hydrogen-bond donors (Lipinski definition) is 2. The van der Waals surface area contributed by atoms with E-state index in [0.717, 1.165) is 11.3 Å². The lowest BCUT2D eigenvalue weighted by Crippen LogP contribution is -2.41. The summed E-state index contributed by atoms with van der Waals surface area (Å²) in [4.78, 5) is 11.7. The molecule has 0 fully saturated rings. The molecule has 0 aliphatic heterocycles. The summed E-state index contributed by atoms with van der Waals surface area (Å²) < 4.78 is 5.08. The van der Waals surface area contributed by atoms with E-state index in [0.29, 0.717) is 13.0 Å². The fraction of sp³-hybridized carbons (Fsp3) is 0.500. The third-order valence-electron chi connectivity index (χ3n) is 2.93. The molecule has 0 spiro atoms. The van der Waals surface area contributed by atoms with E-state index < -0.39 is 0 Å². The van der Waals surface area contributed by atoms with Crippen molar-refractivity contribution in [3.63, 3.8) is 0 Å². The summed E-state index contributed by atoms with van der Waals surface area (Å²) in [5, 5.41) is 6.02. The Labute approximate surface area is 109 Å². The maximum absolute atomic E-state index is 11.7. The van der Waals surface area contributed by atoms with Crippen molar-refractivity contribution in [1.82, 2.24) is 10.6 Å². The highest BCUT2D eigenvalue weighted by Gasteiger charge is 2.18. The van der Waals surface area contributed by atoms with Gasteiger partial charge in [0, 0.05) is 18.5 Å². The largest absolute Gasteiger partial charge is 0.497 e. The van der Waals surface area contributed by atoms with Gasteiger partial charge in [-0.25, -0.2) is 0 Å². The molecule has 1 aromatic carbocycles. The minimum atomic E-state index is -0.177. The number of amides is 1. The van der Waals surface area contributed by atoms with Crippen molar-refractivity contribution in [2.45, 2.75) is 32.4 Å². The molecule has 0 saturated heterocycles. The summed E-state index contributed by atoms with van der Waals surface area (Å²) in [6.45, 7) is 4.54. The number of rotatable bonds is 6. The number of benzene rings is 1. The van der Waals surface area contributed by atoms with Crippen LogP contribution in [0.2, 0.25) is 0 Å². The third-order valence-corrected chi connectivity index (χ3v) is 2.93. The van der Waals surface area contributed by atoms with Crippen molar-refractivity contribution in [3.05, 3.63) is 29.8 Å². The molecular weight excluding hydrogens is 228 g/mol. The van der Waals surface area contributed by atoms with Gasteiger partial charge in [-0.15, -0.1) is 0 Å². The second-order valence-corrected chi connectivity index (χ2v) is 4.94. The van der Waals surface area contributed by atoms with Crippen LogP contribution in [0, 0.1) is 0 Å². The van der Waals surface area contributed by atoms with Gasteiger partial charge in [-0.1, -0.05) is 12.1 Å². The fourth-order valence-corrected chi connectivity index (χ4v) is 1.50. The van der Waals surface area contributed by atoms with E-state index >= 15 is 0 Å². The molecule has 2 N–H and O–H groups in total. The topological polar surface area (TPSA) is 50.4 Å². The number of methoxy groups -OCH3 is 1. The molecular formula is C14H22N2O2. The van der Waals surface area contributed by atoms with Crippen LogP contribution in [0.5, 0.6) is 5.75 Å². The molecule has 4 heteroatoms. The van der Waals surface area contributed by atoms with Crippen LogP contribution in [0.15, 0.2) is 24.3 Å². The molecule has 0 heterocycles. The van der Waals surface area contributed by atoms with Crippen LogP contribution < -0.4 is 15.4 Å². The summed E-state index contributed by atoms with van der Waals surface area (Å²) in [5.41, 5.74) is 0.885. The van der Waals surface area contributed by atoms with Gasteiger partial charge in [-0.2, -0.15) is 0 Å². The van der Waals surface area contributed by atoms with Crippen molar-refractivity contribution in [1.29, 1.82) is 0 Å². The molecule has 1 rings (SSSR count). The highest BCUT2D eigenvalue weighted by Crippen LogP contribution is 2.11. The van der Waals surface area contributed by atoms with E-state index in [9.17, 15) is 4.79 Å². The van der Waals surface area contributed by atoms with Gasteiger partial charge in [-0.3, -0.25) is 4.79 Å². The minimum Gasteiger partial charge on any atom is -0.497 e. The Morgan fingerprint density at radius 3 is 2.39 bits per heavy atom. The van der Waals surface area contributed by atoms with Crippen molar-refractivity contribution in [2.24, 2.45) is 0 Å². The Morgan fingerprint density at radius 2 is 1.89 bits per heavy atom. The number of nitrogens with one attached hydrogen (secondary N) is 2. The summed E-state index contributed by atoms with van der Waals surface area (Å²) in [7, 11) is 3.49. The number of carbonyl (C=O) groups is 1. The number of hydrogen-bond acceptors (Lipinski definition) is 3. The predicted octanol–water partition coefficient (Wildman–Crippen LogP) is 1.70. The maximum atomic E-state index is 11.7. The molecule has 1 amide bonds. The van der Waals surface area contributed by atoms with Crippen LogP contribution in [0.25, 0.3) is 0 Å². The molecule has 1 aromatic rings. The lowest BCUT2D eigenvalue weighted by atomic mass is 10.0. The summed E-state index contributed by atoms with van der Waals surface area (Å²) in [6, 6.07) is 7.67. The predicted molar refractivity (Wildman–Crippen MR) is 72.6 cm³/mol. The first-order valence-electron chi connectivity index (χ1n) is 6.05. The van der Waals surface area contributed by atoms with Crippen molar-refractivity contribution in [2.75, 3.05) is 14.2 Å². The van der Waals surface area contributed by atoms with Crippen molar-refractivity contribution < 1.29 is 9.53 Å². The molecule has 0 aliphatic carbocycles. The van der Waals surface area contributed by atoms with E-state index in [4.69, 9.17) is 4.74 Å². The molecule has 0 radical (unpaired) electrons. The van der Waals surface area contributed by atoms with Crippen LogP contribution in [-0.4, -0.2) is 25.6 Å². The number of carbonyl (C=O) groups excluding carboxylic acids is 1. The maximum Gasteiger partial charge on any atom is 0.222 e. The summed E-state index contributed by atoms with van der Waals surface area (Å²) in [5.74, 6) is 0.867. The lowest BCUT2D eigenvalue weighted by molar-refractivity contribution is -0.122. The molecule has 0 unspecified atom stereocenters. The molecule has 18 heavy (non-hydrogen) atoms. The number of ether oxygens (including phenoxy) is 1. The van der Waals surface area contributed by atoms with Gasteiger partial charge >= 0.3 is 0 Å². The Morgan fingerprint density at radius 1 is 1.28 bits per heavy atom. The normalized spacial score (nSPS) is 11.1. The van der Waals surface area contributed by atoms with Gasteiger partial charge in [0.15, 0.2) is 0 Å². The van der Waals surface area contributed by atoms with E-state index in [1.54, 1.807) is 7.11 Å². The second kappa shape index (κ2) is 6.40. The van der Waals surface area contributed by atoms with Gasteiger partial charge in [0.05, 0.1) is 7.11 Å². The van der Waals surface area contributed by atoms with E-state index in [1.807, 2.05) is 45.2 Å². The smallest absolute Gasteiger partial charge is 0.222 e. The van der Waals surface area contributed by atoms with Gasteiger partial charge in [0.2, 0.25) is 5.91 Å². The average Bonchev–Trinajstić information content (AvgIpc) is 2.36. The van der Waals surface area contributed by atoms with Crippen LogP contribution in [-0.2, 0) is 11.3 Å². The van der Waals surface area contributed by atoms with Gasteiger partial charge in [-0.05, 0) is 38.6 Å². The monoisotopic (exact) mass is 250 g/mol. The summed E-state index contributed by atoms with van der Waals surface area (Å²) >= 11 is 0. The van der Waals surface area contributed by atoms with E-state index in [1.165, 1.54) is 0 Å². The standard InChI is InChI=1S/C14H22N2O2/c1-14(2,15-3)9-13(17)16-10-11-5-7-12(18-4)8-6-11/h5-8,15H,9-10H2,1-4H3,(H,16,17). The molecule has 0 aliphatic rings. The van der Waals surface area contributed by atoms with Crippen LogP contribution in [0.1, 0.15) is 25.8 Å². The van der Waals surface area contributed by atoms with Crippen molar-refractivity contribution >= 4 is 5.91 Å². The fourth-order valence-electron chi connectivity index (χ4n) is 1.50. The Hall–Kier alpha value is -1.55. The zero-order valence-electron chi connectivity index (χ0n) is 11.5. The molecule has 0 bridgehead atoms. The van der Waals surface area contributed by atoms with Crippen LogP contribution >= 0.6 is 0 Å². The Bertz CT molecular complexity index is 385. The third kappa shape index (κ3) is 4.75. The minimum absolute atomic E-state index is 0.0465. The lowest BCUT2D eigenvalue weighted by Gasteiger charge is -2.23. The van der Waals surface area contributed by atoms with Crippen LogP contribution in [0.4, 0.5) is 0 Å². The van der Waals surface area contributed by atoms with E-state index in [-0.39, 0.29) is 11.4 Å². The molecule has 0 aromatic heterocycles. The quantitative estimate of drug-likeness (QED) is 0.808. The van der Waals surface area contributed by atoms with Gasteiger partial charge in [0.25, 0.3) is 0 Å². The molecule has 4 nitrogen and oxygen atoms in total. The Kier molecular flexibility index (Phi) is 5.16. The van der Waals surface area contributed by atoms with Crippen molar-refractivity contribution in [3.8, 4) is 5.75 Å². The van der Waals surface area contributed by atoms with Gasteiger partial charge in [0.1, 0.15) is 5.75 Å². The van der Waals surface area contributed by atoms with Gasteiger partial charge < -0.3 is 15.4 Å². The first kappa shape index (κ1) is 14.5. The second-order valence-electron chi connectivity index (χ2n) is 4.94.